The van der Waals surface area contributed by atoms with Gasteiger partial charge in [0.1, 0.15) is 5.75 Å². The second kappa shape index (κ2) is 9.23. The molecule has 190 valence electrons. The fourth-order valence-corrected chi connectivity index (χ4v) is 3.74. The fourth-order valence-electron chi connectivity index (χ4n) is 3.74. The third-order valence-corrected chi connectivity index (χ3v) is 5.57. The first-order valence-corrected chi connectivity index (χ1v) is 10.9. The van der Waals surface area contributed by atoms with E-state index in [0.29, 0.717) is 21.2 Å². The Hall–Kier alpha value is -4.85. The molecule has 0 radical (unpaired) electrons. The normalized spacial score (nSPS) is 11.8. The summed E-state index contributed by atoms with van der Waals surface area (Å²) in [5, 5.41) is 13.9. The Balaban J connectivity index is 1.59. The van der Waals surface area contributed by atoms with E-state index in [1.165, 1.54) is 18.5 Å². The van der Waals surface area contributed by atoms with Crippen molar-refractivity contribution in [2.45, 2.75) is 12.4 Å². The predicted octanol–water partition coefficient (Wildman–Crippen LogP) is 6.60. The van der Waals surface area contributed by atoms with E-state index in [1.807, 2.05) is 0 Å². The van der Waals surface area contributed by atoms with E-state index in [2.05, 4.69) is 26.9 Å². The largest absolute Gasteiger partial charge is 0.507 e. The van der Waals surface area contributed by atoms with Gasteiger partial charge in [0, 0.05) is 34.6 Å². The number of aromatic nitrogens is 4. The minimum Gasteiger partial charge on any atom is -0.507 e. The van der Waals surface area contributed by atoms with Crippen LogP contribution < -0.4 is 0 Å². The number of phenolic OH excluding ortho intramolecular Hbond substituents is 1. The number of aromatic hydroxyl groups is 1. The summed E-state index contributed by atoms with van der Waals surface area (Å²) in [5.74, 6) is 5.61. The van der Waals surface area contributed by atoms with Gasteiger partial charge in [-0.2, -0.15) is 31.4 Å². The van der Waals surface area contributed by atoms with Crippen molar-refractivity contribution >= 4 is 5.65 Å². The van der Waals surface area contributed by atoms with Crippen LogP contribution in [0.1, 0.15) is 22.4 Å². The zero-order valence-corrected chi connectivity index (χ0v) is 19.0. The van der Waals surface area contributed by atoms with E-state index in [-0.39, 0.29) is 28.2 Å². The first-order chi connectivity index (χ1) is 18.0. The fraction of sp³-hybridized carbons (Fsp3) is 0.0741. The van der Waals surface area contributed by atoms with Gasteiger partial charge in [0.2, 0.25) is 0 Å². The van der Waals surface area contributed by atoms with E-state index < -0.39 is 23.6 Å². The molecular formula is C27H14F6N4O. The van der Waals surface area contributed by atoms with Crippen LogP contribution in [-0.4, -0.2) is 24.7 Å². The Kier molecular flexibility index (Phi) is 6.03. The molecule has 0 spiro atoms. The van der Waals surface area contributed by atoms with Crippen molar-refractivity contribution in [3.8, 4) is 40.0 Å². The summed E-state index contributed by atoms with van der Waals surface area (Å²) in [5.41, 5.74) is -0.850. The lowest BCUT2D eigenvalue weighted by Gasteiger charge is -2.12. The van der Waals surface area contributed by atoms with Crippen LogP contribution in [0.25, 0.3) is 28.0 Å². The van der Waals surface area contributed by atoms with Gasteiger partial charge in [0.25, 0.3) is 0 Å². The molecule has 5 nitrogen and oxygen atoms in total. The summed E-state index contributed by atoms with van der Waals surface area (Å²) in [7, 11) is 0. The SMILES string of the molecule is Oc1ccccc1-c1cncc(C#Cc2cnn3c(C(F)(F)F)cc(-c4ccc(C(F)(F)F)cc4)nc23)c1. The maximum atomic E-state index is 13.8. The van der Waals surface area contributed by atoms with Crippen LogP contribution in [-0.2, 0) is 12.4 Å². The number of benzene rings is 2. The highest BCUT2D eigenvalue weighted by atomic mass is 19.4. The zero-order chi connectivity index (χ0) is 27.1. The van der Waals surface area contributed by atoms with Gasteiger partial charge >= 0.3 is 12.4 Å². The van der Waals surface area contributed by atoms with Gasteiger partial charge in [-0.3, -0.25) is 4.98 Å². The third-order valence-electron chi connectivity index (χ3n) is 5.57. The van der Waals surface area contributed by atoms with Crippen molar-refractivity contribution in [3.05, 3.63) is 102 Å². The summed E-state index contributed by atoms with van der Waals surface area (Å²) in [4.78, 5) is 8.34. The number of fused-ring (bicyclic) bond motifs is 1. The summed E-state index contributed by atoms with van der Waals surface area (Å²) in [6.45, 7) is 0. The molecule has 0 aliphatic heterocycles. The maximum absolute atomic E-state index is 13.8. The Morgan fingerprint density at radius 2 is 1.50 bits per heavy atom. The number of hydrogen-bond acceptors (Lipinski definition) is 4. The molecule has 0 saturated carbocycles. The minimum absolute atomic E-state index is 0.0433. The average molecular weight is 524 g/mol. The molecule has 0 atom stereocenters. The van der Waals surface area contributed by atoms with E-state index in [4.69, 9.17) is 0 Å². The van der Waals surface area contributed by atoms with Crippen molar-refractivity contribution < 1.29 is 31.4 Å². The van der Waals surface area contributed by atoms with Gasteiger partial charge in [-0.05, 0) is 30.3 Å². The Labute approximate surface area is 211 Å². The van der Waals surface area contributed by atoms with Gasteiger partial charge < -0.3 is 5.11 Å². The molecule has 2 aromatic carbocycles. The lowest BCUT2D eigenvalue weighted by atomic mass is 10.1. The molecule has 1 N–H and O–H groups in total. The molecule has 0 aliphatic rings. The van der Waals surface area contributed by atoms with Crippen LogP contribution in [0, 0.1) is 11.8 Å². The van der Waals surface area contributed by atoms with Crippen molar-refractivity contribution in [1.29, 1.82) is 0 Å². The summed E-state index contributed by atoms with van der Waals surface area (Å²) < 4.78 is 80.8. The number of alkyl halides is 6. The highest BCUT2D eigenvalue weighted by Crippen LogP contribution is 2.34. The third kappa shape index (κ3) is 4.88. The molecule has 3 heterocycles. The van der Waals surface area contributed by atoms with Crippen LogP contribution in [0.3, 0.4) is 0 Å². The molecule has 0 bridgehead atoms. The van der Waals surface area contributed by atoms with Crippen LogP contribution in [0.4, 0.5) is 26.3 Å². The highest BCUT2D eigenvalue weighted by Gasteiger charge is 2.36. The molecule has 0 saturated heterocycles. The van der Waals surface area contributed by atoms with E-state index in [0.717, 1.165) is 36.5 Å². The molecule has 0 amide bonds. The zero-order valence-electron chi connectivity index (χ0n) is 19.0. The Bertz CT molecular complexity index is 1710. The predicted molar refractivity (Wildman–Crippen MR) is 126 cm³/mol. The van der Waals surface area contributed by atoms with Crippen LogP contribution in [0.15, 0.2) is 79.3 Å². The molecule has 0 fully saturated rings. The lowest BCUT2D eigenvalue weighted by molar-refractivity contribution is -0.142. The van der Waals surface area contributed by atoms with E-state index in [1.54, 1.807) is 24.3 Å². The molecule has 0 aliphatic carbocycles. The molecule has 5 rings (SSSR count). The lowest BCUT2D eigenvalue weighted by Crippen LogP contribution is -2.13. The van der Waals surface area contributed by atoms with Crippen molar-refractivity contribution in [3.63, 3.8) is 0 Å². The Morgan fingerprint density at radius 3 is 2.18 bits per heavy atom. The quantitative estimate of drug-likeness (QED) is 0.209. The van der Waals surface area contributed by atoms with Gasteiger partial charge in [-0.1, -0.05) is 42.2 Å². The Morgan fingerprint density at radius 1 is 0.763 bits per heavy atom. The monoisotopic (exact) mass is 524 g/mol. The van der Waals surface area contributed by atoms with Crippen LogP contribution >= 0.6 is 0 Å². The number of halogens is 6. The molecular weight excluding hydrogens is 510 g/mol. The topological polar surface area (TPSA) is 63.3 Å². The minimum atomic E-state index is -4.82. The molecule has 5 aromatic rings. The molecule has 38 heavy (non-hydrogen) atoms. The number of phenols is 1. The van der Waals surface area contributed by atoms with Crippen LogP contribution in [0.5, 0.6) is 5.75 Å². The smallest absolute Gasteiger partial charge is 0.433 e. The maximum Gasteiger partial charge on any atom is 0.433 e. The number of pyridine rings is 1. The first kappa shape index (κ1) is 24.8. The average Bonchev–Trinajstić information content (AvgIpc) is 3.29. The van der Waals surface area contributed by atoms with Gasteiger partial charge in [0.05, 0.1) is 23.0 Å². The number of para-hydroxylation sites is 1. The van der Waals surface area contributed by atoms with Crippen molar-refractivity contribution in [2.75, 3.05) is 0 Å². The van der Waals surface area contributed by atoms with Gasteiger partial charge in [-0.25, -0.2) is 9.50 Å². The molecule has 11 heteroatoms. The van der Waals surface area contributed by atoms with Crippen LogP contribution in [0.2, 0.25) is 0 Å². The number of nitrogens with zero attached hydrogens (tertiary/aromatic N) is 4. The number of hydrogen-bond donors (Lipinski definition) is 1. The second-order valence-corrected chi connectivity index (χ2v) is 8.12. The van der Waals surface area contributed by atoms with Gasteiger partial charge in [-0.15, -0.1) is 0 Å². The summed E-state index contributed by atoms with van der Waals surface area (Å²) in [6.07, 6.45) is -5.31. The highest BCUT2D eigenvalue weighted by molar-refractivity contribution is 5.71. The number of rotatable bonds is 2. The second-order valence-electron chi connectivity index (χ2n) is 8.12. The summed E-state index contributed by atoms with van der Waals surface area (Å²) >= 11 is 0. The van der Waals surface area contributed by atoms with Crippen molar-refractivity contribution in [1.82, 2.24) is 19.6 Å². The van der Waals surface area contributed by atoms with Crippen molar-refractivity contribution in [2.24, 2.45) is 0 Å². The van der Waals surface area contributed by atoms with E-state index >= 15 is 0 Å². The first-order valence-electron chi connectivity index (χ1n) is 10.9. The standard InChI is InChI=1S/C27H14F6N4O/c28-26(29,30)20-9-7-17(8-10-20)22-12-24(27(31,32)33)37-25(36-22)18(15-35-37)6-5-16-11-19(14-34-13-16)21-3-1-2-4-23(21)38/h1-4,7-15,38H. The molecule has 0 unspecified atom stereocenters. The van der Waals surface area contributed by atoms with Gasteiger partial charge in [0.15, 0.2) is 11.3 Å². The van der Waals surface area contributed by atoms with E-state index in [9.17, 15) is 31.4 Å². The summed E-state index contributed by atoms with van der Waals surface area (Å²) in [6, 6.07) is 12.7. The molecule has 3 aromatic heterocycles.